The third-order valence-corrected chi connectivity index (χ3v) is 5.61. The van der Waals surface area contributed by atoms with Gasteiger partial charge >= 0.3 is 0 Å². The van der Waals surface area contributed by atoms with Gasteiger partial charge in [-0.15, -0.1) is 0 Å². The maximum atomic E-state index is 13.2. The summed E-state index contributed by atoms with van der Waals surface area (Å²) in [4.78, 5) is 24.9. The highest BCUT2D eigenvalue weighted by molar-refractivity contribution is 5.99. The minimum atomic E-state index is -0.825. The molecule has 0 spiro atoms. The molecule has 2 aromatic rings. The quantitative estimate of drug-likeness (QED) is 0.432. The van der Waals surface area contributed by atoms with Crippen molar-refractivity contribution in [3.05, 3.63) is 75.1 Å². The third kappa shape index (κ3) is 5.05. The molecule has 0 saturated carbocycles. The zero-order valence-corrected chi connectivity index (χ0v) is 16.4. The molecule has 6 nitrogen and oxygen atoms in total. The van der Waals surface area contributed by atoms with Crippen molar-refractivity contribution in [2.75, 3.05) is 19.6 Å². The van der Waals surface area contributed by atoms with Gasteiger partial charge in [-0.25, -0.2) is 4.39 Å². The van der Waals surface area contributed by atoms with Gasteiger partial charge in [0, 0.05) is 19.5 Å². The molecule has 1 aliphatic heterocycles. The predicted molar refractivity (Wildman–Crippen MR) is 107 cm³/mol. The maximum absolute atomic E-state index is 13.2. The number of nitro groups is 1. The van der Waals surface area contributed by atoms with Crippen LogP contribution >= 0.6 is 0 Å². The number of rotatable bonds is 7. The highest BCUT2D eigenvalue weighted by atomic mass is 19.1. The molecule has 0 aromatic heterocycles. The maximum Gasteiger partial charge on any atom is 0.283 e. The zero-order valence-electron chi connectivity index (χ0n) is 16.4. The van der Waals surface area contributed by atoms with Gasteiger partial charge in [0.05, 0.1) is 22.2 Å². The monoisotopic (exact) mass is 400 g/mol. The largest absolute Gasteiger partial charge is 0.385 e. The van der Waals surface area contributed by atoms with Crippen LogP contribution in [-0.2, 0) is 5.60 Å². The van der Waals surface area contributed by atoms with E-state index in [1.54, 1.807) is 0 Å². The van der Waals surface area contributed by atoms with Crippen LogP contribution in [0, 0.1) is 22.9 Å². The van der Waals surface area contributed by atoms with E-state index in [0.717, 1.165) is 36.3 Å². The van der Waals surface area contributed by atoms with Gasteiger partial charge in [-0.2, -0.15) is 0 Å². The van der Waals surface area contributed by atoms with E-state index in [9.17, 15) is 24.4 Å². The Morgan fingerprint density at radius 3 is 2.48 bits per heavy atom. The molecule has 1 aliphatic rings. The first-order valence-electron chi connectivity index (χ1n) is 9.77. The van der Waals surface area contributed by atoms with E-state index in [-0.39, 0.29) is 17.8 Å². The Labute approximate surface area is 169 Å². The van der Waals surface area contributed by atoms with Gasteiger partial charge in [0.2, 0.25) is 0 Å². The Hall–Kier alpha value is -2.64. The molecule has 1 fully saturated rings. The van der Waals surface area contributed by atoms with Crippen LogP contribution < -0.4 is 0 Å². The van der Waals surface area contributed by atoms with Crippen LogP contribution in [0.25, 0.3) is 0 Å². The van der Waals surface area contributed by atoms with Crippen LogP contribution in [0.2, 0.25) is 0 Å². The van der Waals surface area contributed by atoms with Gasteiger partial charge in [0.15, 0.2) is 5.78 Å². The van der Waals surface area contributed by atoms with Crippen LogP contribution in [0.1, 0.15) is 47.2 Å². The van der Waals surface area contributed by atoms with Crippen LogP contribution in [0.5, 0.6) is 0 Å². The number of hydrogen-bond acceptors (Lipinski definition) is 5. The van der Waals surface area contributed by atoms with Crippen LogP contribution in [0.4, 0.5) is 10.1 Å². The van der Waals surface area contributed by atoms with Crippen molar-refractivity contribution in [3.63, 3.8) is 0 Å². The molecule has 0 amide bonds. The fraction of sp³-hybridized carbons (Fsp3) is 0.409. The van der Waals surface area contributed by atoms with Gasteiger partial charge in [0.25, 0.3) is 5.69 Å². The zero-order chi connectivity index (χ0) is 21.0. The Kier molecular flexibility index (Phi) is 6.39. The van der Waals surface area contributed by atoms with Crippen molar-refractivity contribution in [1.82, 2.24) is 4.90 Å². The molecule has 0 radical (unpaired) electrons. The molecule has 0 atom stereocenters. The smallest absolute Gasteiger partial charge is 0.283 e. The van der Waals surface area contributed by atoms with E-state index in [4.69, 9.17) is 0 Å². The molecule has 0 bridgehead atoms. The number of halogens is 1. The van der Waals surface area contributed by atoms with Gasteiger partial charge in [-0.05, 0) is 50.4 Å². The second kappa shape index (κ2) is 8.80. The fourth-order valence-electron chi connectivity index (χ4n) is 3.79. The molecule has 0 unspecified atom stereocenters. The Bertz CT molecular complexity index is 890. The number of aliphatic hydroxyl groups is 1. The minimum Gasteiger partial charge on any atom is -0.385 e. The molecule has 0 aliphatic carbocycles. The van der Waals surface area contributed by atoms with Crippen molar-refractivity contribution in [3.8, 4) is 0 Å². The Morgan fingerprint density at radius 2 is 1.86 bits per heavy atom. The lowest BCUT2D eigenvalue weighted by Crippen LogP contribution is -2.42. The lowest BCUT2D eigenvalue weighted by molar-refractivity contribution is -0.385. The van der Waals surface area contributed by atoms with E-state index in [0.29, 0.717) is 25.8 Å². The van der Waals surface area contributed by atoms with Crippen LogP contribution in [0.3, 0.4) is 0 Å². The molecule has 154 valence electrons. The summed E-state index contributed by atoms with van der Waals surface area (Å²) in [6, 6.07) is 11.0. The number of benzene rings is 2. The topological polar surface area (TPSA) is 83.7 Å². The number of hydrogen-bond donors (Lipinski definition) is 1. The number of likely N-dealkylation sites (tertiary alicyclic amines) is 1. The molecule has 3 rings (SSSR count). The summed E-state index contributed by atoms with van der Waals surface area (Å²) in [5.74, 6) is -1.09. The van der Waals surface area contributed by atoms with Crippen molar-refractivity contribution in [1.29, 1.82) is 0 Å². The molecule has 29 heavy (non-hydrogen) atoms. The molecule has 7 heteroatoms. The molecular weight excluding hydrogens is 375 g/mol. The van der Waals surface area contributed by atoms with Gasteiger partial charge in [-0.1, -0.05) is 29.8 Å². The normalized spacial score (nSPS) is 16.5. The average molecular weight is 400 g/mol. The number of carbonyl (C=O) groups excluding carboxylic acids is 1. The number of ketones is 1. The molecule has 2 aromatic carbocycles. The van der Waals surface area contributed by atoms with Crippen molar-refractivity contribution >= 4 is 11.5 Å². The van der Waals surface area contributed by atoms with E-state index in [1.165, 1.54) is 6.07 Å². The number of piperidine rings is 1. The summed E-state index contributed by atoms with van der Waals surface area (Å²) in [7, 11) is 0. The van der Waals surface area contributed by atoms with Crippen molar-refractivity contribution < 1.29 is 19.2 Å². The van der Waals surface area contributed by atoms with Gasteiger partial charge in [-0.3, -0.25) is 14.9 Å². The first-order valence-corrected chi connectivity index (χ1v) is 9.77. The van der Waals surface area contributed by atoms with E-state index in [2.05, 4.69) is 4.90 Å². The van der Waals surface area contributed by atoms with Crippen LogP contribution in [0.15, 0.2) is 42.5 Å². The number of nitro benzene ring substituents is 1. The second-order valence-electron chi connectivity index (χ2n) is 7.68. The average Bonchev–Trinajstić information content (AvgIpc) is 2.69. The molecular formula is C22H25FN2O4. The lowest BCUT2D eigenvalue weighted by atomic mass is 9.84. The Balaban J connectivity index is 1.50. The standard InChI is InChI=1S/C22H25FN2O4/c1-16-4-6-17(7-5-16)22(27)10-13-24(14-11-22)12-2-3-21(26)19-9-8-18(23)15-20(19)25(28)29/h4-9,15,27H,2-3,10-14H2,1H3. The summed E-state index contributed by atoms with van der Waals surface area (Å²) >= 11 is 0. The number of nitrogens with zero attached hydrogens (tertiary/aromatic N) is 2. The van der Waals surface area contributed by atoms with Crippen molar-refractivity contribution in [2.24, 2.45) is 0 Å². The Morgan fingerprint density at radius 1 is 1.21 bits per heavy atom. The number of Topliss-reactive ketones (excluding diaryl/α,β-unsaturated/α-hetero) is 1. The molecule has 1 saturated heterocycles. The van der Waals surface area contributed by atoms with Crippen LogP contribution in [-0.4, -0.2) is 40.3 Å². The highest BCUT2D eigenvalue weighted by Gasteiger charge is 2.33. The second-order valence-corrected chi connectivity index (χ2v) is 7.68. The van der Waals surface area contributed by atoms with Crippen molar-refractivity contribution in [2.45, 2.75) is 38.2 Å². The minimum absolute atomic E-state index is 0.0520. The van der Waals surface area contributed by atoms with E-state index < -0.39 is 22.0 Å². The van der Waals surface area contributed by atoms with Gasteiger partial charge in [0.1, 0.15) is 5.82 Å². The fourth-order valence-corrected chi connectivity index (χ4v) is 3.79. The summed E-state index contributed by atoms with van der Waals surface area (Å²) < 4.78 is 13.2. The van der Waals surface area contributed by atoms with E-state index in [1.807, 2.05) is 31.2 Å². The first-order chi connectivity index (χ1) is 13.8. The molecule has 1 heterocycles. The SMILES string of the molecule is Cc1ccc(C2(O)CCN(CCCC(=O)c3ccc(F)cc3[N+](=O)[O-])CC2)cc1. The number of carbonyl (C=O) groups is 1. The van der Waals surface area contributed by atoms with Gasteiger partial charge < -0.3 is 10.0 Å². The predicted octanol–water partition coefficient (Wildman–Crippen LogP) is 3.99. The summed E-state index contributed by atoms with van der Waals surface area (Å²) in [6.45, 7) is 4.12. The summed E-state index contributed by atoms with van der Waals surface area (Å²) in [5.41, 5.74) is 0.719. The summed E-state index contributed by atoms with van der Waals surface area (Å²) in [5, 5.41) is 22.0. The first kappa shape index (κ1) is 21.1. The lowest BCUT2D eigenvalue weighted by Gasteiger charge is -2.38. The highest BCUT2D eigenvalue weighted by Crippen LogP contribution is 2.33. The third-order valence-electron chi connectivity index (χ3n) is 5.61. The molecule has 1 N–H and O–H groups in total. The number of aryl methyl sites for hydroxylation is 1. The summed E-state index contributed by atoms with van der Waals surface area (Å²) in [6.07, 6.45) is 1.95. The van der Waals surface area contributed by atoms with E-state index >= 15 is 0 Å².